The van der Waals surface area contributed by atoms with Crippen LogP contribution in [0.2, 0.25) is 5.02 Å². The SMILES string of the molecule is CCOc1c(Cl)cc(/C=C/C(=O)N(CC)CC(=O)Nc2ccc3c(c2)OCCO3)cc1OC. The summed E-state index contributed by atoms with van der Waals surface area (Å²) in [6, 6.07) is 8.58. The molecule has 0 spiro atoms. The van der Waals surface area contributed by atoms with Crippen molar-refractivity contribution in [3.63, 3.8) is 0 Å². The van der Waals surface area contributed by atoms with E-state index in [9.17, 15) is 9.59 Å². The van der Waals surface area contributed by atoms with Crippen LogP contribution >= 0.6 is 11.6 Å². The molecular weight excluding hydrogens is 448 g/mol. The van der Waals surface area contributed by atoms with Crippen LogP contribution in [-0.4, -0.2) is 56.7 Å². The molecule has 1 heterocycles. The molecule has 0 saturated carbocycles. The number of hydrogen-bond donors (Lipinski definition) is 1. The molecule has 0 atom stereocenters. The van der Waals surface area contributed by atoms with E-state index in [2.05, 4.69) is 5.32 Å². The first kappa shape index (κ1) is 24.3. The van der Waals surface area contributed by atoms with Crippen molar-refractivity contribution in [3.05, 3.63) is 47.0 Å². The van der Waals surface area contributed by atoms with E-state index in [1.54, 1.807) is 43.3 Å². The van der Waals surface area contributed by atoms with Gasteiger partial charge in [0.1, 0.15) is 19.8 Å². The zero-order valence-corrected chi connectivity index (χ0v) is 19.6. The average molecular weight is 475 g/mol. The lowest BCUT2D eigenvalue weighted by Crippen LogP contribution is -2.36. The fraction of sp³-hybridized carbons (Fsp3) is 0.333. The van der Waals surface area contributed by atoms with Crippen LogP contribution in [0.4, 0.5) is 5.69 Å². The number of fused-ring (bicyclic) bond motifs is 1. The standard InChI is InChI=1S/C24H27ClN2O6/c1-4-27(15-22(28)26-17-7-8-19-20(14-17)33-11-10-32-19)23(29)9-6-16-12-18(25)24(31-5-2)21(13-16)30-3/h6-9,12-14H,4-5,10-11,15H2,1-3H3,(H,26,28)/b9-6+. The molecule has 0 radical (unpaired) electrons. The minimum absolute atomic E-state index is 0.0958. The fourth-order valence-corrected chi connectivity index (χ4v) is 3.51. The lowest BCUT2D eigenvalue weighted by atomic mass is 10.2. The molecule has 33 heavy (non-hydrogen) atoms. The number of carbonyl (C=O) groups is 2. The Morgan fingerprint density at radius 2 is 1.91 bits per heavy atom. The highest BCUT2D eigenvalue weighted by Crippen LogP contribution is 2.37. The van der Waals surface area contributed by atoms with Crippen LogP contribution in [-0.2, 0) is 9.59 Å². The van der Waals surface area contributed by atoms with Gasteiger partial charge in [-0.3, -0.25) is 9.59 Å². The third-order valence-electron chi connectivity index (χ3n) is 4.81. The summed E-state index contributed by atoms with van der Waals surface area (Å²) in [7, 11) is 1.52. The first-order valence-corrected chi connectivity index (χ1v) is 11.0. The first-order chi connectivity index (χ1) is 15.9. The smallest absolute Gasteiger partial charge is 0.247 e. The Morgan fingerprint density at radius 1 is 1.15 bits per heavy atom. The number of halogens is 1. The molecule has 0 saturated heterocycles. The molecule has 9 heteroatoms. The molecule has 3 rings (SSSR count). The highest BCUT2D eigenvalue weighted by atomic mass is 35.5. The minimum atomic E-state index is -0.318. The summed E-state index contributed by atoms with van der Waals surface area (Å²) < 4.78 is 21.8. The van der Waals surface area contributed by atoms with Gasteiger partial charge in [0.25, 0.3) is 0 Å². The quantitative estimate of drug-likeness (QED) is 0.552. The number of nitrogens with zero attached hydrogens (tertiary/aromatic N) is 1. The predicted molar refractivity (Wildman–Crippen MR) is 127 cm³/mol. The highest BCUT2D eigenvalue weighted by Gasteiger charge is 2.16. The molecule has 0 bridgehead atoms. The third-order valence-corrected chi connectivity index (χ3v) is 5.09. The zero-order valence-electron chi connectivity index (χ0n) is 18.9. The van der Waals surface area contributed by atoms with E-state index < -0.39 is 0 Å². The lowest BCUT2D eigenvalue weighted by molar-refractivity contribution is -0.130. The molecule has 2 amide bonds. The molecule has 2 aromatic rings. The fourth-order valence-electron chi connectivity index (χ4n) is 3.23. The second-order valence-corrected chi connectivity index (χ2v) is 7.47. The van der Waals surface area contributed by atoms with E-state index in [0.717, 1.165) is 0 Å². The van der Waals surface area contributed by atoms with Crippen molar-refractivity contribution < 1.29 is 28.5 Å². The number of hydrogen-bond acceptors (Lipinski definition) is 6. The van der Waals surface area contributed by atoms with E-state index in [0.29, 0.717) is 65.6 Å². The van der Waals surface area contributed by atoms with E-state index in [4.69, 9.17) is 30.5 Å². The summed E-state index contributed by atoms with van der Waals surface area (Å²) >= 11 is 6.28. The number of ether oxygens (including phenoxy) is 4. The van der Waals surface area contributed by atoms with Gasteiger partial charge < -0.3 is 29.2 Å². The van der Waals surface area contributed by atoms with Crippen LogP contribution in [0.25, 0.3) is 6.08 Å². The van der Waals surface area contributed by atoms with Crippen molar-refractivity contribution in [1.82, 2.24) is 4.90 Å². The molecule has 2 aromatic carbocycles. The van der Waals surface area contributed by atoms with E-state index in [1.807, 2.05) is 6.92 Å². The van der Waals surface area contributed by atoms with E-state index in [1.165, 1.54) is 18.1 Å². The number of rotatable bonds is 9. The maximum absolute atomic E-state index is 12.7. The van der Waals surface area contributed by atoms with Gasteiger partial charge in [0.2, 0.25) is 11.8 Å². The molecule has 0 fully saturated rings. The third kappa shape index (κ3) is 6.32. The largest absolute Gasteiger partial charge is 0.493 e. The Bertz CT molecular complexity index is 1040. The van der Waals surface area contributed by atoms with Crippen LogP contribution in [0.3, 0.4) is 0 Å². The van der Waals surface area contributed by atoms with Gasteiger partial charge >= 0.3 is 0 Å². The molecule has 1 aliphatic rings. The average Bonchev–Trinajstić information content (AvgIpc) is 2.82. The van der Waals surface area contributed by atoms with Crippen LogP contribution in [0.15, 0.2) is 36.4 Å². The monoisotopic (exact) mass is 474 g/mol. The number of amides is 2. The predicted octanol–water partition coefficient (Wildman–Crippen LogP) is 4.02. The second kappa shape index (κ2) is 11.5. The van der Waals surface area contributed by atoms with Gasteiger partial charge in [0.15, 0.2) is 23.0 Å². The molecule has 0 aromatic heterocycles. The molecule has 8 nitrogen and oxygen atoms in total. The van der Waals surface area contributed by atoms with Crippen molar-refractivity contribution in [1.29, 1.82) is 0 Å². The van der Waals surface area contributed by atoms with Gasteiger partial charge in [-0.2, -0.15) is 0 Å². The van der Waals surface area contributed by atoms with Crippen molar-refractivity contribution in [2.45, 2.75) is 13.8 Å². The maximum Gasteiger partial charge on any atom is 0.247 e. The van der Waals surface area contributed by atoms with Crippen molar-refractivity contribution in [3.8, 4) is 23.0 Å². The van der Waals surface area contributed by atoms with Crippen molar-refractivity contribution >= 4 is 35.2 Å². The van der Waals surface area contributed by atoms with Gasteiger partial charge in [-0.15, -0.1) is 0 Å². The summed E-state index contributed by atoms with van der Waals surface area (Å²) in [6.45, 7) is 5.33. The zero-order chi connectivity index (χ0) is 23.8. The maximum atomic E-state index is 12.7. The number of methoxy groups -OCH3 is 1. The summed E-state index contributed by atoms with van der Waals surface area (Å²) in [4.78, 5) is 26.6. The lowest BCUT2D eigenvalue weighted by Gasteiger charge is -2.20. The van der Waals surface area contributed by atoms with Crippen LogP contribution in [0, 0.1) is 0 Å². The van der Waals surface area contributed by atoms with Crippen LogP contribution in [0.1, 0.15) is 19.4 Å². The molecule has 1 N–H and O–H groups in total. The van der Waals surface area contributed by atoms with Crippen molar-refractivity contribution in [2.75, 3.05) is 45.3 Å². The Balaban J connectivity index is 1.63. The molecule has 1 aliphatic heterocycles. The molecule has 0 aliphatic carbocycles. The number of carbonyl (C=O) groups excluding carboxylic acids is 2. The normalized spacial score (nSPS) is 12.4. The van der Waals surface area contributed by atoms with Crippen molar-refractivity contribution in [2.24, 2.45) is 0 Å². The molecule has 0 unspecified atom stereocenters. The van der Waals surface area contributed by atoms with Gasteiger partial charge in [0, 0.05) is 24.4 Å². The Kier molecular flexibility index (Phi) is 8.43. The first-order valence-electron chi connectivity index (χ1n) is 10.6. The van der Waals surface area contributed by atoms with Gasteiger partial charge in [-0.05, 0) is 49.8 Å². The Labute approximate surface area is 198 Å². The number of benzene rings is 2. The second-order valence-electron chi connectivity index (χ2n) is 7.06. The topological polar surface area (TPSA) is 86.3 Å². The molecular formula is C24H27ClN2O6. The summed E-state index contributed by atoms with van der Waals surface area (Å²) in [6.07, 6.45) is 3.01. The highest BCUT2D eigenvalue weighted by molar-refractivity contribution is 6.32. The summed E-state index contributed by atoms with van der Waals surface area (Å²) in [5.74, 6) is 1.52. The number of nitrogens with one attached hydrogen (secondary N) is 1. The Hall–Kier alpha value is -3.39. The Morgan fingerprint density at radius 3 is 2.61 bits per heavy atom. The molecule has 176 valence electrons. The van der Waals surface area contributed by atoms with Gasteiger partial charge in [-0.1, -0.05) is 11.6 Å². The summed E-state index contributed by atoms with van der Waals surface area (Å²) in [5.41, 5.74) is 1.24. The van der Waals surface area contributed by atoms with Gasteiger partial charge in [-0.25, -0.2) is 0 Å². The summed E-state index contributed by atoms with van der Waals surface area (Å²) in [5, 5.41) is 3.17. The van der Waals surface area contributed by atoms with Gasteiger partial charge in [0.05, 0.1) is 18.7 Å². The van der Waals surface area contributed by atoms with Crippen LogP contribution < -0.4 is 24.3 Å². The minimum Gasteiger partial charge on any atom is -0.493 e. The number of likely N-dealkylation sites (N-methyl/N-ethyl adjacent to an activating group) is 1. The van der Waals surface area contributed by atoms with E-state index in [-0.39, 0.29) is 18.4 Å². The van der Waals surface area contributed by atoms with Crippen LogP contribution in [0.5, 0.6) is 23.0 Å². The number of anilines is 1. The van der Waals surface area contributed by atoms with E-state index >= 15 is 0 Å².